The van der Waals surface area contributed by atoms with Gasteiger partial charge in [-0.3, -0.25) is 9.36 Å². The minimum Gasteiger partial charge on any atom is -0.504 e. The van der Waals surface area contributed by atoms with Crippen molar-refractivity contribution in [1.29, 1.82) is 0 Å². The predicted octanol–water partition coefficient (Wildman–Crippen LogP) is 3.16. The van der Waals surface area contributed by atoms with Gasteiger partial charge in [0.15, 0.2) is 17.3 Å². The van der Waals surface area contributed by atoms with Gasteiger partial charge in [-0.15, -0.1) is 0 Å². The zero-order valence-corrected chi connectivity index (χ0v) is 16.0. The zero-order valence-electron chi connectivity index (χ0n) is 15.1. The summed E-state index contributed by atoms with van der Waals surface area (Å²) in [5, 5.41) is 8.52. The number of Topliss-reactive ketones (excluding diaryl/α,β-unsaturated/α-hetero) is 1. The molecule has 7 heteroatoms. The number of phenols is 1. The first-order valence-corrected chi connectivity index (χ1v) is 9.32. The van der Waals surface area contributed by atoms with Crippen LogP contribution in [-0.2, 0) is 21.2 Å². The van der Waals surface area contributed by atoms with Crippen molar-refractivity contribution >= 4 is 13.4 Å². The van der Waals surface area contributed by atoms with Gasteiger partial charge in [-0.2, -0.15) is 0 Å². The molecule has 0 aliphatic heterocycles. The summed E-state index contributed by atoms with van der Waals surface area (Å²) in [6, 6.07) is 3.55. The van der Waals surface area contributed by atoms with Crippen LogP contribution in [0.4, 0.5) is 0 Å². The molecule has 0 saturated heterocycles. The van der Waals surface area contributed by atoms with Crippen LogP contribution in [0.15, 0.2) is 12.1 Å². The Hall–Kier alpha value is -1.36. The molecule has 0 bridgehead atoms. The smallest absolute Gasteiger partial charge is 0.338 e. The Bertz CT molecular complexity index is 666. The molecule has 1 aromatic rings. The third-order valence-electron chi connectivity index (χ3n) is 4.27. The highest BCUT2D eigenvalue weighted by Crippen LogP contribution is 2.51. The third-order valence-corrected chi connectivity index (χ3v) is 5.98. The summed E-state index contributed by atoms with van der Waals surface area (Å²) in [6.45, 7) is 8.53. The van der Waals surface area contributed by atoms with E-state index in [4.69, 9.17) is 4.74 Å². The third kappa shape index (κ3) is 4.38. The number of phenolic OH excluding ortho intramolecular Hbond substituents is 1. The molecule has 0 radical (unpaired) electrons. The van der Waals surface area contributed by atoms with Crippen LogP contribution < -0.4 is 4.74 Å². The van der Waals surface area contributed by atoms with E-state index in [0.29, 0.717) is 11.3 Å². The second-order valence-corrected chi connectivity index (χ2v) is 9.67. The van der Waals surface area contributed by atoms with Crippen LogP contribution in [-0.4, -0.2) is 32.9 Å². The number of rotatable bonds is 6. The molecule has 0 spiro atoms. The van der Waals surface area contributed by atoms with Gasteiger partial charge in [0.05, 0.1) is 7.11 Å². The summed E-state index contributed by atoms with van der Waals surface area (Å²) in [7, 11) is -3.09. The summed E-state index contributed by atoms with van der Waals surface area (Å²) in [4.78, 5) is 30.9. The molecular formula is C17H27O6P. The van der Waals surface area contributed by atoms with Crippen LogP contribution in [0.5, 0.6) is 11.5 Å². The van der Waals surface area contributed by atoms with Crippen LogP contribution in [0.3, 0.4) is 0 Å². The van der Waals surface area contributed by atoms with E-state index in [1.165, 1.54) is 21.0 Å². The molecule has 0 heterocycles. The van der Waals surface area contributed by atoms with Crippen LogP contribution in [0, 0.1) is 0 Å². The quantitative estimate of drug-likeness (QED) is 0.675. The molecule has 0 atom stereocenters. The number of hydrogen-bond acceptors (Lipinski definition) is 4. The lowest BCUT2D eigenvalue weighted by atomic mass is 9.85. The van der Waals surface area contributed by atoms with E-state index >= 15 is 0 Å². The number of aryl methyl sites for hydroxylation is 1. The topological polar surface area (TPSA) is 104 Å². The van der Waals surface area contributed by atoms with Crippen molar-refractivity contribution in [2.45, 2.75) is 58.0 Å². The van der Waals surface area contributed by atoms with Gasteiger partial charge in [0.1, 0.15) is 5.16 Å². The number of methoxy groups -OCH3 is 1. The molecule has 0 aliphatic rings. The maximum absolute atomic E-state index is 12.2. The lowest BCUT2D eigenvalue weighted by Gasteiger charge is -2.25. The SMILES string of the molecule is COc1cc(C(C)(C)C)cc(CCC(=O)C(C)(C)P(=O)(O)O)c1O. The number of hydrogen-bond donors (Lipinski definition) is 3. The Morgan fingerprint density at radius 3 is 2.12 bits per heavy atom. The fourth-order valence-electron chi connectivity index (χ4n) is 2.16. The molecule has 0 unspecified atom stereocenters. The first-order chi connectivity index (χ1) is 10.7. The van der Waals surface area contributed by atoms with Gasteiger partial charge in [-0.1, -0.05) is 26.8 Å². The molecule has 0 aromatic heterocycles. The van der Waals surface area contributed by atoms with Gasteiger partial charge >= 0.3 is 7.60 Å². The number of ketones is 1. The number of carbonyl (C=O) groups is 1. The van der Waals surface area contributed by atoms with E-state index in [-0.39, 0.29) is 24.0 Å². The standard InChI is InChI=1S/C17H27O6P/c1-16(2,3)12-9-11(15(19)13(10-12)23-6)7-8-14(18)17(4,5)24(20,21)22/h9-10,19H,7-8H2,1-6H3,(H2,20,21,22). The normalized spacial score (nSPS) is 13.0. The van der Waals surface area contributed by atoms with Gasteiger partial charge in [-0.25, -0.2) is 0 Å². The van der Waals surface area contributed by atoms with Gasteiger partial charge in [0.2, 0.25) is 0 Å². The van der Waals surface area contributed by atoms with E-state index in [9.17, 15) is 24.3 Å². The summed E-state index contributed by atoms with van der Waals surface area (Å²) < 4.78 is 16.7. The Morgan fingerprint density at radius 2 is 1.71 bits per heavy atom. The van der Waals surface area contributed by atoms with E-state index in [2.05, 4.69) is 0 Å². The maximum atomic E-state index is 12.2. The van der Waals surface area contributed by atoms with Gasteiger partial charge in [-0.05, 0) is 42.9 Å². The second-order valence-electron chi connectivity index (χ2n) is 7.46. The van der Waals surface area contributed by atoms with E-state index in [1.54, 1.807) is 12.1 Å². The summed E-state index contributed by atoms with van der Waals surface area (Å²) in [5.41, 5.74) is 1.29. The number of benzene rings is 1. The monoisotopic (exact) mass is 358 g/mol. The van der Waals surface area contributed by atoms with Crippen molar-refractivity contribution < 1.29 is 29.0 Å². The molecule has 1 rings (SSSR count). The number of aromatic hydroxyl groups is 1. The largest absolute Gasteiger partial charge is 0.504 e. The fraction of sp³-hybridized carbons (Fsp3) is 0.588. The predicted molar refractivity (Wildman–Crippen MR) is 92.8 cm³/mol. The molecular weight excluding hydrogens is 331 g/mol. The van der Waals surface area contributed by atoms with Crippen molar-refractivity contribution in [1.82, 2.24) is 0 Å². The first kappa shape index (κ1) is 20.7. The molecule has 136 valence electrons. The lowest BCUT2D eigenvalue weighted by molar-refractivity contribution is -0.121. The number of carbonyl (C=O) groups excluding carboxylic acids is 1. The highest BCUT2D eigenvalue weighted by atomic mass is 31.2. The van der Waals surface area contributed by atoms with Gasteiger partial charge in [0, 0.05) is 6.42 Å². The minimum atomic E-state index is -4.55. The fourth-order valence-corrected chi connectivity index (χ4v) is 2.60. The Morgan fingerprint density at radius 1 is 1.17 bits per heavy atom. The van der Waals surface area contributed by atoms with Crippen molar-refractivity contribution in [3.05, 3.63) is 23.3 Å². The maximum Gasteiger partial charge on any atom is 0.338 e. The van der Waals surface area contributed by atoms with Crippen LogP contribution in [0.1, 0.15) is 52.2 Å². The molecule has 0 amide bonds. The Balaban J connectivity index is 3.12. The van der Waals surface area contributed by atoms with Crippen LogP contribution in [0.2, 0.25) is 0 Å². The summed E-state index contributed by atoms with van der Waals surface area (Å²) >= 11 is 0. The van der Waals surface area contributed by atoms with E-state index in [0.717, 1.165) is 5.56 Å². The minimum absolute atomic E-state index is 0.0488. The van der Waals surface area contributed by atoms with E-state index < -0.39 is 18.5 Å². The Labute approximate surface area is 143 Å². The van der Waals surface area contributed by atoms with E-state index in [1.807, 2.05) is 20.8 Å². The average molecular weight is 358 g/mol. The first-order valence-electron chi connectivity index (χ1n) is 7.71. The van der Waals surface area contributed by atoms with Crippen molar-refractivity contribution in [2.75, 3.05) is 7.11 Å². The average Bonchev–Trinajstić information content (AvgIpc) is 2.43. The summed E-state index contributed by atoms with van der Waals surface area (Å²) in [6.07, 6.45) is 0.0940. The van der Waals surface area contributed by atoms with Crippen LogP contribution >= 0.6 is 7.60 Å². The van der Waals surface area contributed by atoms with Gasteiger partial charge in [0.25, 0.3) is 0 Å². The molecule has 0 saturated carbocycles. The molecule has 3 N–H and O–H groups in total. The highest BCUT2D eigenvalue weighted by Gasteiger charge is 2.43. The Kier molecular flexibility index (Phi) is 5.92. The molecule has 0 fully saturated rings. The lowest BCUT2D eigenvalue weighted by Crippen LogP contribution is -2.31. The molecule has 6 nitrogen and oxygen atoms in total. The van der Waals surface area contributed by atoms with Crippen molar-refractivity contribution in [3.8, 4) is 11.5 Å². The van der Waals surface area contributed by atoms with Gasteiger partial charge < -0.3 is 19.6 Å². The zero-order chi connectivity index (χ0) is 18.9. The van der Waals surface area contributed by atoms with Crippen LogP contribution in [0.25, 0.3) is 0 Å². The highest BCUT2D eigenvalue weighted by molar-refractivity contribution is 7.54. The molecule has 1 aromatic carbocycles. The number of ether oxygens (including phenoxy) is 1. The summed E-state index contributed by atoms with van der Waals surface area (Å²) in [5.74, 6) is -0.276. The van der Waals surface area contributed by atoms with Crippen molar-refractivity contribution in [3.63, 3.8) is 0 Å². The van der Waals surface area contributed by atoms with Crippen molar-refractivity contribution in [2.24, 2.45) is 0 Å². The molecule has 0 aliphatic carbocycles. The molecule has 24 heavy (non-hydrogen) atoms. The second kappa shape index (κ2) is 6.87.